The van der Waals surface area contributed by atoms with E-state index in [-0.39, 0.29) is 22.9 Å². The third-order valence-corrected chi connectivity index (χ3v) is 5.75. The summed E-state index contributed by atoms with van der Waals surface area (Å²) in [5.74, 6) is -0.735. The molecule has 0 radical (unpaired) electrons. The van der Waals surface area contributed by atoms with E-state index in [1.165, 1.54) is 6.07 Å². The topological polar surface area (TPSA) is 110 Å². The number of aromatic nitrogens is 2. The molecule has 2 aromatic heterocycles. The number of nitrogen functional groups attached to an aromatic ring is 1. The Morgan fingerprint density at radius 1 is 0.541 bits per heavy atom. The van der Waals surface area contributed by atoms with Crippen LogP contribution in [0.3, 0.4) is 0 Å². The Labute approximate surface area is 214 Å². The van der Waals surface area contributed by atoms with Crippen LogP contribution in [0.2, 0.25) is 0 Å². The normalized spacial score (nSPS) is 10.5. The lowest BCUT2D eigenvalue weighted by atomic mass is 10.1. The zero-order chi connectivity index (χ0) is 25.6. The van der Waals surface area contributed by atoms with Gasteiger partial charge in [-0.1, -0.05) is 24.3 Å². The molecule has 7 heteroatoms. The molecule has 0 bridgehead atoms. The molecule has 3 aromatic carbocycles. The number of nitrogens with two attached hydrogens (primary N) is 1. The first-order valence-electron chi connectivity index (χ1n) is 11.6. The highest BCUT2D eigenvalue weighted by Crippen LogP contribution is 2.24. The van der Waals surface area contributed by atoms with Crippen molar-refractivity contribution in [1.82, 2.24) is 9.97 Å². The molecule has 0 atom stereocenters. The molecule has 4 N–H and O–H groups in total. The van der Waals surface area contributed by atoms with Crippen LogP contribution in [0, 0.1) is 0 Å². The van der Waals surface area contributed by atoms with E-state index in [4.69, 9.17) is 5.73 Å². The third kappa shape index (κ3) is 5.68. The van der Waals surface area contributed by atoms with Crippen molar-refractivity contribution < 1.29 is 9.59 Å². The van der Waals surface area contributed by atoms with Gasteiger partial charge in [-0.3, -0.25) is 19.6 Å². The summed E-state index contributed by atoms with van der Waals surface area (Å²) in [7, 11) is 0. The second-order valence-corrected chi connectivity index (χ2v) is 8.39. The lowest BCUT2D eigenvalue weighted by Crippen LogP contribution is -2.16. The Hall–Kier alpha value is -5.30. The highest BCUT2D eigenvalue weighted by atomic mass is 16.2. The molecule has 5 rings (SSSR count). The minimum atomic E-state index is -0.368. The Kier molecular flexibility index (Phi) is 6.67. The van der Waals surface area contributed by atoms with Crippen LogP contribution >= 0.6 is 0 Å². The smallest absolute Gasteiger partial charge is 0.255 e. The van der Waals surface area contributed by atoms with E-state index >= 15 is 0 Å². The summed E-state index contributed by atoms with van der Waals surface area (Å²) in [6, 6.07) is 27.2. The zero-order valence-corrected chi connectivity index (χ0v) is 19.8. The van der Waals surface area contributed by atoms with Gasteiger partial charge >= 0.3 is 0 Å². The van der Waals surface area contributed by atoms with Crippen molar-refractivity contribution in [1.29, 1.82) is 0 Å². The number of hydrogen-bond donors (Lipinski definition) is 3. The number of carbonyl (C=O) groups excluding carboxylic acids is 2. The molecular weight excluding hydrogens is 462 g/mol. The maximum atomic E-state index is 13.0. The largest absolute Gasteiger partial charge is 0.399 e. The molecule has 7 nitrogen and oxygen atoms in total. The fourth-order valence-electron chi connectivity index (χ4n) is 3.96. The summed E-state index contributed by atoms with van der Waals surface area (Å²) < 4.78 is 0. The van der Waals surface area contributed by atoms with Crippen LogP contribution < -0.4 is 16.4 Å². The second kappa shape index (κ2) is 10.5. The lowest BCUT2D eigenvalue weighted by Gasteiger charge is -2.11. The molecule has 5 aromatic rings. The van der Waals surface area contributed by atoms with Crippen LogP contribution in [0.25, 0.3) is 22.3 Å². The van der Waals surface area contributed by atoms with Crippen LogP contribution in [-0.4, -0.2) is 21.8 Å². The lowest BCUT2D eigenvalue weighted by molar-refractivity contribution is 0.102. The molecule has 37 heavy (non-hydrogen) atoms. The van der Waals surface area contributed by atoms with E-state index in [9.17, 15) is 9.59 Å². The fraction of sp³-hybridized carbons (Fsp3) is 0. The van der Waals surface area contributed by atoms with E-state index in [2.05, 4.69) is 20.6 Å². The summed E-state index contributed by atoms with van der Waals surface area (Å²) in [4.78, 5) is 34.2. The molecule has 0 saturated heterocycles. The van der Waals surface area contributed by atoms with Gasteiger partial charge in [-0.05, 0) is 89.0 Å². The van der Waals surface area contributed by atoms with Crippen molar-refractivity contribution >= 4 is 28.9 Å². The maximum Gasteiger partial charge on any atom is 0.255 e. The maximum absolute atomic E-state index is 13.0. The number of pyridine rings is 2. The van der Waals surface area contributed by atoms with Crippen molar-refractivity contribution in [3.05, 3.63) is 127 Å². The molecule has 180 valence electrons. The highest BCUT2D eigenvalue weighted by Gasteiger charge is 2.14. The quantitative estimate of drug-likeness (QED) is 0.260. The van der Waals surface area contributed by atoms with Gasteiger partial charge in [0.2, 0.25) is 0 Å². The average Bonchev–Trinajstić information content (AvgIpc) is 2.94. The number of amides is 2. The van der Waals surface area contributed by atoms with Gasteiger partial charge in [-0.25, -0.2) is 0 Å². The molecular formula is C30H23N5O2. The summed E-state index contributed by atoms with van der Waals surface area (Å²) >= 11 is 0. The Bertz CT molecular complexity index is 1450. The molecule has 0 saturated carbocycles. The van der Waals surface area contributed by atoms with Gasteiger partial charge in [0.05, 0.1) is 0 Å². The number of hydrogen-bond acceptors (Lipinski definition) is 5. The monoisotopic (exact) mass is 485 g/mol. The van der Waals surface area contributed by atoms with E-state index < -0.39 is 0 Å². The van der Waals surface area contributed by atoms with E-state index in [1.54, 1.807) is 49.1 Å². The molecule has 0 fully saturated rings. The summed E-state index contributed by atoms with van der Waals surface area (Å²) in [6.07, 6.45) is 6.87. The van der Waals surface area contributed by atoms with Gasteiger partial charge in [0.1, 0.15) is 0 Å². The predicted octanol–water partition coefficient (Wildman–Crippen LogP) is 5.90. The van der Waals surface area contributed by atoms with Crippen LogP contribution in [0.4, 0.5) is 17.1 Å². The molecule has 0 aliphatic carbocycles. The number of anilines is 3. The summed E-state index contributed by atoms with van der Waals surface area (Å²) in [5.41, 5.74) is 12.0. The fourth-order valence-corrected chi connectivity index (χ4v) is 3.96. The molecule has 2 heterocycles. The van der Waals surface area contributed by atoms with Crippen molar-refractivity contribution in [3.63, 3.8) is 0 Å². The number of rotatable bonds is 6. The third-order valence-electron chi connectivity index (χ3n) is 5.75. The molecule has 0 aliphatic heterocycles. The van der Waals surface area contributed by atoms with Gasteiger partial charge in [0.25, 0.3) is 11.8 Å². The number of benzene rings is 3. The Morgan fingerprint density at radius 3 is 1.41 bits per heavy atom. The SMILES string of the molecule is Nc1cc(C(=O)Nc2cccc(-c3ccncc3)c2)cc(C(=O)Nc2cccc(-c3ccncc3)c2)c1. The van der Waals surface area contributed by atoms with Crippen molar-refractivity contribution in [3.8, 4) is 22.3 Å². The molecule has 0 spiro atoms. The van der Waals surface area contributed by atoms with E-state index in [1.807, 2.05) is 60.7 Å². The zero-order valence-electron chi connectivity index (χ0n) is 19.8. The van der Waals surface area contributed by atoms with Crippen LogP contribution in [0.15, 0.2) is 116 Å². The minimum absolute atomic E-state index is 0.282. The molecule has 2 amide bonds. The average molecular weight is 486 g/mol. The van der Waals surface area contributed by atoms with Crippen molar-refractivity contribution in [2.45, 2.75) is 0 Å². The highest BCUT2D eigenvalue weighted by molar-refractivity contribution is 6.09. The first kappa shape index (κ1) is 23.4. The standard InChI is InChI=1S/C30H23N5O2/c31-26-16-24(29(36)34-27-5-1-3-22(18-27)20-7-11-32-12-8-20)15-25(17-26)30(37)35-28-6-2-4-23(19-28)21-9-13-33-14-10-21/h1-19H,31H2,(H,34,36)(H,35,37). The van der Waals surface area contributed by atoms with Crippen molar-refractivity contribution in [2.24, 2.45) is 0 Å². The first-order valence-corrected chi connectivity index (χ1v) is 11.6. The van der Waals surface area contributed by atoms with E-state index in [0.717, 1.165) is 22.3 Å². The number of carbonyl (C=O) groups is 2. The van der Waals surface area contributed by atoms with Gasteiger partial charge < -0.3 is 16.4 Å². The predicted molar refractivity (Wildman–Crippen MR) is 146 cm³/mol. The van der Waals surface area contributed by atoms with Gasteiger partial charge in [0, 0.05) is 53.0 Å². The number of nitrogens with zero attached hydrogens (tertiary/aromatic N) is 2. The molecule has 0 aliphatic rings. The van der Waals surface area contributed by atoms with Crippen LogP contribution in [0.5, 0.6) is 0 Å². The Balaban J connectivity index is 1.33. The second-order valence-electron chi connectivity index (χ2n) is 8.39. The van der Waals surface area contributed by atoms with Gasteiger partial charge in [-0.2, -0.15) is 0 Å². The van der Waals surface area contributed by atoms with Gasteiger partial charge in [0.15, 0.2) is 0 Å². The van der Waals surface area contributed by atoms with Gasteiger partial charge in [-0.15, -0.1) is 0 Å². The van der Waals surface area contributed by atoms with E-state index in [0.29, 0.717) is 17.1 Å². The molecule has 0 unspecified atom stereocenters. The minimum Gasteiger partial charge on any atom is -0.399 e. The Morgan fingerprint density at radius 2 is 0.973 bits per heavy atom. The summed E-state index contributed by atoms with van der Waals surface area (Å²) in [6.45, 7) is 0. The number of nitrogens with one attached hydrogen (secondary N) is 2. The van der Waals surface area contributed by atoms with Crippen molar-refractivity contribution in [2.75, 3.05) is 16.4 Å². The summed E-state index contributed by atoms with van der Waals surface area (Å²) in [5, 5.41) is 5.78. The first-order chi connectivity index (χ1) is 18.0. The van der Waals surface area contributed by atoms with Crippen LogP contribution in [-0.2, 0) is 0 Å². The van der Waals surface area contributed by atoms with Crippen LogP contribution in [0.1, 0.15) is 20.7 Å².